The molecule has 0 saturated heterocycles. The van der Waals surface area contributed by atoms with Crippen LogP contribution in [0.5, 0.6) is 0 Å². The second-order valence-electron chi connectivity index (χ2n) is 20.6. The van der Waals surface area contributed by atoms with Crippen LogP contribution in [0.1, 0.15) is 297 Å². The van der Waals surface area contributed by atoms with Crippen LogP contribution in [-0.4, -0.2) is 37.2 Å². The van der Waals surface area contributed by atoms with Crippen LogP contribution in [0.2, 0.25) is 0 Å². The lowest BCUT2D eigenvalue weighted by Gasteiger charge is -2.18. The number of carbonyl (C=O) groups is 3. The fourth-order valence-corrected chi connectivity index (χ4v) is 8.61. The maximum atomic E-state index is 12.9. The lowest BCUT2D eigenvalue weighted by molar-refractivity contribution is -0.167. The lowest BCUT2D eigenvalue weighted by atomic mass is 10.1. The molecule has 0 heterocycles. The molecule has 6 heteroatoms. The molecule has 1 atom stereocenters. The molecule has 0 N–H and O–H groups in total. The van der Waals surface area contributed by atoms with Crippen molar-refractivity contribution in [2.75, 3.05) is 13.2 Å². The van der Waals surface area contributed by atoms with E-state index in [1.165, 1.54) is 128 Å². The number of esters is 3. The quantitative estimate of drug-likeness (QED) is 0.0261. The molecule has 0 aliphatic carbocycles. The Morgan fingerprint density at radius 3 is 0.838 bits per heavy atom. The Morgan fingerprint density at radius 1 is 0.284 bits per heavy atom. The number of ether oxygens (including phenoxy) is 3. The molecule has 0 aromatic rings. The van der Waals surface area contributed by atoms with Gasteiger partial charge in [-0.3, -0.25) is 14.4 Å². The highest BCUT2D eigenvalue weighted by atomic mass is 16.6. The van der Waals surface area contributed by atoms with Crippen LogP contribution < -0.4 is 0 Å². The summed E-state index contributed by atoms with van der Waals surface area (Å²) in [5.74, 6) is -0.913. The first-order valence-electron chi connectivity index (χ1n) is 31.2. The van der Waals surface area contributed by atoms with E-state index < -0.39 is 6.10 Å². The molecule has 74 heavy (non-hydrogen) atoms. The molecule has 0 bridgehead atoms. The minimum Gasteiger partial charge on any atom is -0.462 e. The van der Waals surface area contributed by atoms with Gasteiger partial charge in [0.2, 0.25) is 0 Å². The van der Waals surface area contributed by atoms with E-state index in [0.717, 1.165) is 128 Å². The fraction of sp³-hybridized carbons (Fsp3) is 0.721. The summed E-state index contributed by atoms with van der Waals surface area (Å²) < 4.78 is 16.9. The SMILES string of the molecule is CC/C=C\C/C=C\C/C=C\C/C=C\C/C=C\C/C=C\CCCCCCCCC(=O)OCC(COC(=O)CCCCCCC/C=C\CCCCCCCC)OC(=O)CCCCCCC/C=C\CCCCCCCCC. The summed E-state index contributed by atoms with van der Waals surface area (Å²) in [6.45, 7) is 6.51. The average molecular weight is 1030 g/mol. The minimum absolute atomic E-state index is 0.0893. The molecule has 0 spiro atoms. The molecule has 0 amide bonds. The fourth-order valence-electron chi connectivity index (χ4n) is 8.61. The van der Waals surface area contributed by atoms with Crippen LogP contribution in [0.3, 0.4) is 0 Å². The van der Waals surface area contributed by atoms with Gasteiger partial charge in [-0.05, 0) is 122 Å². The van der Waals surface area contributed by atoms with Gasteiger partial charge >= 0.3 is 17.9 Å². The minimum atomic E-state index is -0.793. The van der Waals surface area contributed by atoms with Crippen molar-refractivity contribution >= 4 is 17.9 Å². The molecule has 0 aliphatic rings. The summed E-state index contributed by atoms with van der Waals surface area (Å²) in [7, 11) is 0. The van der Waals surface area contributed by atoms with Gasteiger partial charge in [-0.1, -0.05) is 253 Å². The standard InChI is InChI=1S/C68H116O6/c1-4-7-10-13-16-19-22-25-28-30-31-32-33-34-35-36-37-38-41-43-46-49-52-55-58-61-67(70)73-64-65(63-72-66(69)60-57-54-51-48-45-42-39-27-24-21-18-15-12-9-6-3)74-68(71)62-59-56-53-50-47-44-40-29-26-23-20-17-14-11-8-5-2/h7,10,16,19,25,27-29,31-32,34-35,37-40,65H,4-6,8-9,11-15,17-18,20-24,26,30,33,36,41-64H2,1-3H3/b10-7-,19-16-,28-25-,32-31-,35-34-,38-37-,39-27-,40-29-. The van der Waals surface area contributed by atoms with Gasteiger partial charge < -0.3 is 14.2 Å². The Hall–Kier alpha value is -3.67. The van der Waals surface area contributed by atoms with Crippen molar-refractivity contribution in [2.24, 2.45) is 0 Å². The molecule has 0 fully saturated rings. The molecule has 0 aromatic carbocycles. The maximum Gasteiger partial charge on any atom is 0.306 e. The van der Waals surface area contributed by atoms with Crippen LogP contribution >= 0.6 is 0 Å². The van der Waals surface area contributed by atoms with Gasteiger partial charge in [-0.15, -0.1) is 0 Å². The van der Waals surface area contributed by atoms with Crippen molar-refractivity contribution in [1.29, 1.82) is 0 Å². The summed E-state index contributed by atoms with van der Waals surface area (Å²) in [4.78, 5) is 38.3. The normalized spacial score (nSPS) is 12.7. The zero-order valence-corrected chi connectivity index (χ0v) is 48.6. The highest BCUT2D eigenvalue weighted by Gasteiger charge is 2.19. The molecular formula is C68H116O6. The molecule has 0 rings (SSSR count). The van der Waals surface area contributed by atoms with Crippen molar-refractivity contribution in [3.63, 3.8) is 0 Å². The monoisotopic (exact) mass is 1030 g/mol. The summed E-state index contributed by atoms with van der Waals surface area (Å²) in [5, 5.41) is 0. The smallest absolute Gasteiger partial charge is 0.306 e. The van der Waals surface area contributed by atoms with E-state index >= 15 is 0 Å². The van der Waals surface area contributed by atoms with E-state index in [-0.39, 0.29) is 31.1 Å². The van der Waals surface area contributed by atoms with Gasteiger partial charge in [-0.25, -0.2) is 0 Å². The summed E-state index contributed by atoms with van der Waals surface area (Å²) in [6, 6.07) is 0. The predicted octanol–water partition coefficient (Wildman–Crippen LogP) is 21.3. The topological polar surface area (TPSA) is 78.9 Å². The number of rotatable bonds is 56. The molecular weight excluding hydrogens is 913 g/mol. The predicted molar refractivity (Wildman–Crippen MR) is 320 cm³/mol. The Kier molecular flexibility index (Phi) is 58.8. The Balaban J connectivity index is 4.40. The maximum absolute atomic E-state index is 12.9. The highest BCUT2D eigenvalue weighted by Crippen LogP contribution is 2.15. The van der Waals surface area contributed by atoms with Crippen molar-refractivity contribution in [1.82, 2.24) is 0 Å². The largest absolute Gasteiger partial charge is 0.462 e. The van der Waals surface area contributed by atoms with Gasteiger partial charge in [0, 0.05) is 19.3 Å². The molecule has 424 valence electrons. The Bertz CT molecular complexity index is 1460. The summed E-state index contributed by atoms with van der Waals surface area (Å²) in [5.41, 5.74) is 0. The zero-order valence-electron chi connectivity index (χ0n) is 48.6. The number of carbonyl (C=O) groups excluding carboxylic acids is 3. The van der Waals surface area contributed by atoms with Crippen molar-refractivity contribution in [3.05, 3.63) is 97.2 Å². The van der Waals surface area contributed by atoms with Gasteiger partial charge in [0.05, 0.1) is 0 Å². The second-order valence-corrected chi connectivity index (χ2v) is 20.6. The summed E-state index contributed by atoms with van der Waals surface area (Å²) >= 11 is 0. The lowest BCUT2D eigenvalue weighted by Crippen LogP contribution is -2.30. The highest BCUT2D eigenvalue weighted by molar-refractivity contribution is 5.71. The molecule has 0 radical (unpaired) electrons. The first-order valence-corrected chi connectivity index (χ1v) is 31.2. The van der Waals surface area contributed by atoms with Crippen LogP contribution in [0.25, 0.3) is 0 Å². The molecule has 0 saturated carbocycles. The summed E-state index contributed by atoms with van der Waals surface area (Å²) in [6.07, 6.45) is 82.6. The number of unbranched alkanes of at least 4 members (excludes halogenated alkanes) is 29. The van der Waals surface area contributed by atoms with Crippen LogP contribution in [0.4, 0.5) is 0 Å². The van der Waals surface area contributed by atoms with Crippen molar-refractivity contribution in [2.45, 2.75) is 303 Å². The van der Waals surface area contributed by atoms with Gasteiger partial charge in [0.1, 0.15) is 13.2 Å². The first-order chi connectivity index (χ1) is 36.5. The third kappa shape index (κ3) is 59.2. The Morgan fingerprint density at radius 2 is 0.527 bits per heavy atom. The molecule has 0 aliphatic heterocycles. The third-order valence-corrected chi connectivity index (χ3v) is 13.3. The van der Waals surface area contributed by atoms with Crippen molar-refractivity contribution in [3.8, 4) is 0 Å². The second kappa shape index (κ2) is 61.9. The number of hydrogen-bond acceptors (Lipinski definition) is 6. The van der Waals surface area contributed by atoms with Gasteiger partial charge in [0.15, 0.2) is 6.10 Å². The van der Waals surface area contributed by atoms with Crippen LogP contribution in [0, 0.1) is 0 Å². The molecule has 6 nitrogen and oxygen atoms in total. The molecule has 0 aromatic heterocycles. The van der Waals surface area contributed by atoms with E-state index in [0.29, 0.717) is 19.3 Å². The number of hydrogen-bond donors (Lipinski definition) is 0. The van der Waals surface area contributed by atoms with Gasteiger partial charge in [0.25, 0.3) is 0 Å². The van der Waals surface area contributed by atoms with Crippen molar-refractivity contribution < 1.29 is 28.6 Å². The van der Waals surface area contributed by atoms with Gasteiger partial charge in [-0.2, -0.15) is 0 Å². The van der Waals surface area contributed by atoms with E-state index in [1.54, 1.807) is 0 Å². The van der Waals surface area contributed by atoms with Crippen LogP contribution in [-0.2, 0) is 28.6 Å². The number of allylic oxidation sites excluding steroid dienone is 16. The molecule has 1 unspecified atom stereocenters. The third-order valence-electron chi connectivity index (χ3n) is 13.3. The zero-order chi connectivity index (χ0) is 53.6. The average Bonchev–Trinajstić information content (AvgIpc) is 3.40. The van der Waals surface area contributed by atoms with E-state index in [1.807, 2.05) is 0 Å². The van der Waals surface area contributed by atoms with E-state index in [4.69, 9.17) is 14.2 Å². The van der Waals surface area contributed by atoms with E-state index in [2.05, 4.69) is 118 Å². The van der Waals surface area contributed by atoms with E-state index in [9.17, 15) is 14.4 Å². The first kappa shape index (κ1) is 70.3. The van der Waals surface area contributed by atoms with Crippen LogP contribution in [0.15, 0.2) is 97.2 Å². The Labute approximate surface area is 457 Å².